The van der Waals surface area contributed by atoms with E-state index in [0.29, 0.717) is 19.1 Å². The van der Waals surface area contributed by atoms with E-state index in [1.54, 1.807) is 7.11 Å². The number of rotatable bonds is 7. The summed E-state index contributed by atoms with van der Waals surface area (Å²) >= 11 is 0. The molecule has 1 fully saturated rings. The maximum atomic E-state index is 5.14. The number of hydrogen-bond acceptors (Lipinski definition) is 7. The van der Waals surface area contributed by atoms with Crippen LogP contribution in [0.4, 0.5) is 17.6 Å². The molecule has 1 aromatic carbocycles. The lowest BCUT2D eigenvalue weighted by Gasteiger charge is -2.36. The molecule has 0 amide bonds. The summed E-state index contributed by atoms with van der Waals surface area (Å²) in [6, 6.07) is 18.3. The Bertz CT molecular complexity index is 898. The molecular weight excluding hydrogens is 364 g/mol. The topological polar surface area (TPSA) is 66.4 Å². The van der Waals surface area contributed by atoms with Gasteiger partial charge >= 0.3 is 0 Å². The summed E-state index contributed by atoms with van der Waals surface area (Å²) in [7, 11) is 1.69. The molecule has 0 atom stereocenters. The Morgan fingerprint density at radius 3 is 2.31 bits per heavy atom. The summed E-state index contributed by atoms with van der Waals surface area (Å²) in [5.74, 6) is 2.60. The maximum absolute atomic E-state index is 5.14. The Kier molecular flexibility index (Phi) is 6.16. The zero-order valence-corrected chi connectivity index (χ0v) is 16.7. The predicted molar refractivity (Wildman–Crippen MR) is 116 cm³/mol. The van der Waals surface area contributed by atoms with E-state index in [9.17, 15) is 0 Å². The average Bonchev–Trinajstić information content (AvgIpc) is 2.80. The molecule has 4 rings (SSSR count). The summed E-state index contributed by atoms with van der Waals surface area (Å²) in [5, 5.41) is 3.28. The number of ether oxygens (including phenoxy) is 1. The van der Waals surface area contributed by atoms with E-state index in [-0.39, 0.29) is 0 Å². The van der Waals surface area contributed by atoms with Crippen LogP contribution >= 0.6 is 0 Å². The standard InChI is InChI=1S/C22H26N6O/c1-29-16-11-24-22-25-19(18-7-3-2-4-8-18)17-21(26-22)28-14-12-27(13-15-28)20-9-5-6-10-23-20/h2-10,17H,11-16H2,1H3,(H,24,25,26). The molecule has 0 bridgehead atoms. The van der Waals surface area contributed by atoms with Crippen LogP contribution in [-0.2, 0) is 4.74 Å². The smallest absolute Gasteiger partial charge is 0.225 e. The summed E-state index contributed by atoms with van der Waals surface area (Å²) in [6.07, 6.45) is 1.84. The van der Waals surface area contributed by atoms with Crippen LogP contribution in [-0.4, -0.2) is 61.4 Å². The highest BCUT2D eigenvalue weighted by atomic mass is 16.5. The Balaban J connectivity index is 1.53. The third-order valence-electron chi connectivity index (χ3n) is 4.95. The van der Waals surface area contributed by atoms with E-state index in [4.69, 9.17) is 14.7 Å². The van der Waals surface area contributed by atoms with Crippen LogP contribution in [0, 0.1) is 0 Å². The fraction of sp³-hybridized carbons (Fsp3) is 0.318. The van der Waals surface area contributed by atoms with Crippen molar-refractivity contribution in [3.8, 4) is 11.3 Å². The van der Waals surface area contributed by atoms with Crippen molar-refractivity contribution in [2.75, 3.05) is 61.6 Å². The Morgan fingerprint density at radius 2 is 1.62 bits per heavy atom. The number of benzene rings is 1. The van der Waals surface area contributed by atoms with Gasteiger partial charge in [0.05, 0.1) is 12.3 Å². The molecule has 1 aliphatic rings. The predicted octanol–water partition coefficient (Wildman–Crippen LogP) is 2.92. The number of nitrogens with zero attached hydrogens (tertiary/aromatic N) is 5. The van der Waals surface area contributed by atoms with Gasteiger partial charge in [-0.25, -0.2) is 9.97 Å². The minimum atomic E-state index is 0.608. The van der Waals surface area contributed by atoms with Gasteiger partial charge in [0.1, 0.15) is 11.6 Å². The van der Waals surface area contributed by atoms with Gasteiger partial charge in [-0.05, 0) is 12.1 Å². The number of nitrogens with one attached hydrogen (secondary N) is 1. The molecule has 2 aromatic heterocycles. The van der Waals surface area contributed by atoms with Gasteiger partial charge in [0.25, 0.3) is 0 Å². The molecular formula is C22H26N6O. The third-order valence-corrected chi connectivity index (χ3v) is 4.95. The number of hydrogen-bond donors (Lipinski definition) is 1. The largest absolute Gasteiger partial charge is 0.383 e. The molecule has 7 nitrogen and oxygen atoms in total. The summed E-state index contributed by atoms with van der Waals surface area (Å²) in [4.78, 5) is 18.6. The van der Waals surface area contributed by atoms with Crippen molar-refractivity contribution in [3.63, 3.8) is 0 Å². The number of methoxy groups -OCH3 is 1. The van der Waals surface area contributed by atoms with Crippen LogP contribution in [0.15, 0.2) is 60.8 Å². The molecule has 0 saturated carbocycles. The number of aromatic nitrogens is 3. The fourth-order valence-electron chi connectivity index (χ4n) is 3.40. The van der Waals surface area contributed by atoms with Gasteiger partial charge in [-0.3, -0.25) is 0 Å². The highest BCUT2D eigenvalue weighted by molar-refractivity contribution is 5.65. The van der Waals surface area contributed by atoms with Crippen molar-refractivity contribution in [1.82, 2.24) is 15.0 Å². The molecule has 29 heavy (non-hydrogen) atoms. The monoisotopic (exact) mass is 390 g/mol. The van der Waals surface area contributed by atoms with Crippen molar-refractivity contribution in [2.24, 2.45) is 0 Å². The first-order valence-corrected chi connectivity index (χ1v) is 9.92. The Morgan fingerprint density at radius 1 is 0.897 bits per heavy atom. The van der Waals surface area contributed by atoms with Gasteiger partial charge in [0.2, 0.25) is 5.95 Å². The van der Waals surface area contributed by atoms with Crippen molar-refractivity contribution >= 4 is 17.6 Å². The van der Waals surface area contributed by atoms with Crippen LogP contribution in [0.2, 0.25) is 0 Å². The average molecular weight is 390 g/mol. The molecule has 0 radical (unpaired) electrons. The Hall–Kier alpha value is -3.19. The zero-order chi connectivity index (χ0) is 19.9. The molecule has 0 spiro atoms. The Labute approximate surface area is 171 Å². The lowest BCUT2D eigenvalue weighted by molar-refractivity contribution is 0.210. The molecule has 0 unspecified atom stereocenters. The lowest BCUT2D eigenvalue weighted by Crippen LogP contribution is -2.47. The normalized spacial score (nSPS) is 14.1. The van der Waals surface area contributed by atoms with E-state index in [1.165, 1.54) is 0 Å². The summed E-state index contributed by atoms with van der Waals surface area (Å²) in [6.45, 7) is 4.87. The molecule has 1 N–H and O–H groups in total. The number of piperazine rings is 1. The highest BCUT2D eigenvalue weighted by Crippen LogP contribution is 2.25. The van der Waals surface area contributed by atoms with Crippen molar-refractivity contribution < 1.29 is 4.74 Å². The van der Waals surface area contributed by atoms with Gasteiger partial charge in [0.15, 0.2) is 0 Å². The van der Waals surface area contributed by atoms with Crippen molar-refractivity contribution in [2.45, 2.75) is 0 Å². The number of pyridine rings is 1. The minimum Gasteiger partial charge on any atom is -0.383 e. The van der Waals surface area contributed by atoms with Gasteiger partial charge in [-0.15, -0.1) is 0 Å². The summed E-state index contributed by atoms with van der Waals surface area (Å²) in [5.41, 5.74) is 2.00. The maximum Gasteiger partial charge on any atom is 0.225 e. The number of anilines is 3. The van der Waals surface area contributed by atoms with Gasteiger partial charge in [-0.2, -0.15) is 4.98 Å². The van der Waals surface area contributed by atoms with Crippen LogP contribution in [0.1, 0.15) is 0 Å². The minimum absolute atomic E-state index is 0.608. The van der Waals surface area contributed by atoms with Crippen LogP contribution < -0.4 is 15.1 Å². The molecule has 3 heterocycles. The third kappa shape index (κ3) is 4.81. The molecule has 3 aromatic rings. The molecule has 150 valence electrons. The SMILES string of the molecule is COCCNc1nc(-c2ccccc2)cc(N2CCN(c3ccccn3)CC2)n1. The van der Waals surface area contributed by atoms with E-state index in [0.717, 1.165) is 49.1 Å². The highest BCUT2D eigenvalue weighted by Gasteiger charge is 2.20. The van der Waals surface area contributed by atoms with E-state index in [2.05, 4.69) is 44.4 Å². The van der Waals surface area contributed by atoms with Gasteiger partial charge in [-0.1, -0.05) is 36.4 Å². The quantitative estimate of drug-likeness (QED) is 0.622. The van der Waals surface area contributed by atoms with E-state index in [1.807, 2.05) is 36.5 Å². The first kappa shape index (κ1) is 19.1. The first-order chi connectivity index (χ1) is 14.3. The fourth-order valence-corrected chi connectivity index (χ4v) is 3.40. The second-order valence-corrected chi connectivity index (χ2v) is 6.88. The van der Waals surface area contributed by atoms with Gasteiger partial charge in [0, 0.05) is 57.7 Å². The lowest BCUT2D eigenvalue weighted by atomic mass is 10.1. The second-order valence-electron chi connectivity index (χ2n) is 6.88. The van der Waals surface area contributed by atoms with Crippen LogP contribution in [0.3, 0.4) is 0 Å². The van der Waals surface area contributed by atoms with Crippen LogP contribution in [0.25, 0.3) is 11.3 Å². The van der Waals surface area contributed by atoms with Crippen molar-refractivity contribution in [1.29, 1.82) is 0 Å². The molecule has 7 heteroatoms. The van der Waals surface area contributed by atoms with Crippen LogP contribution in [0.5, 0.6) is 0 Å². The molecule has 1 aliphatic heterocycles. The van der Waals surface area contributed by atoms with Crippen molar-refractivity contribution in [3.05, 3.63) is 60.8 Å². The van der Waals surface area contributed by atoms with E-state index < -0.39 is 0 Å². The zero-order valence-electron chi connectivity index (χ0n) is 16.7. The summed E-state index contributed by atoms with van der Waals surface area (Å²) < 4.78 is 5.14. The van der Waals surface area contributed by atoms with Gasteiger partial charge < -0.3 is 19.9 Å². The van der Waals surface area contributed by atoms with E-state index >= 15 is 0 Å². The molecule has 1 saturated heterocycles. The second kappa shape index (κ2) is 9.34. The first-order valence-electron chi connectivity index (χ1n) is 9.92. The molecule has 0 aliphatic carbocycles.